The number of pyridine rings is 1. The van der Waals surface area contributed by atoms with Gasteiger partial charge in [-0.05, 0) is 25.5 Å². The second kappa shape index (κ2) is 6.36. The van der Waals surface area contributed by atoms with Crippen LogP contribution in [0.3, 0.4) is 0 Å². The lowest BCUT2D eigenvalue weighted by Gasteiger charge is -2.40. The lowest BCUT2D eigenvalue weighted by molar-refractivity contribution is -0.217. The van der Waals surface area contributed by atoms with E-state index in [1.54, 1.807) is 6.20 Å². The first-order valence-corrected chi connectivity index (χ1v) is 8.49. The monoisotopic (exact) mass is 344 g/mol. The Morgan fingerprint density at radius 2 is 1.72 bits per heavy atom. The van der Waals surface area contributed by atoms with Crippen molar-refractivity contribution < 1.29 is 19.1 Å². The lowest BCUT2D eigenvalue weighted by Crippen LogP contribution is -2.58. The van der Waals surface area contributed by atoms with Crippen LogP contribution < -0.4 is 15.1 Å². The molecular weight excluding hydrogens is 324 g/mol. The molecule has 8 heteroatoms. The standard InChI is InChI=1S/C17H20N4O4/c22-15-3-4-16(23)25-17(24-15)12-18-5-1-8-21(17)14-9-13(10-19-11-14)20-6-2-7-20/h3-4,9-11,18H,1-2,5-8,12H2. The highest BCUT2D eigenvalue weighted by atomic mass is 16.8. The number of hydrogen-bond donors (Lipinski definition) is 1. The van der Waals surface area contributed by atoms with Crippen molar-refractivity contribution in [1.29, 1.82) is 0 Å². The predicted molar refractivity (Wildman–Crippen MR) is 90.0 cm³/mol. The number of ether oxygens (including phenoxy) is 2. The summed E-state index contributed by atoms with van der Waals surface area (Å²) in [7, 11) is 0. The maximum atomic E-state index is 12.0. The second-order valence-corrected chi connectivity index (χ2v) is 6.31. The van der Waals surface area contributed by atoms with Crippen molar-refractivity contribution in [2.45, 2.75) is 18.8 Å². The minimum atomic E-state index is -1.51. The number of carbonyl (C=O) groups excluding carboxylic acids is 2. The van der Waals surface area contributed by atoms with Gasteiger partial charge in [0.1, 0.15) is 0 Å². The van der Waals surface area contributed by atoms with Crippen molar-refractivity contribution in [3.05, 3.63) is 30.6 Å². The van der Waals surface area contributed by atoms with Crippen LogP contribution in [0, 0.1) is 0 Å². The molecule has 0 atom stereocenters. The Morgan fingerprint density at radius 3 is 2.40 bits per heavy atom. The van der Waals surface area contributed by atoms with E-state index in [0.717, 1.165) is 49.6 Å². The van der Waals surface area contributed by atoms with Crippen LogP contribution in [0.25, 0.3) is 0 Å². The molecule has 0 radical (unpaired) electrons. The second-order valence-electron chi connectivity index (χ2n) is 6.31. The summed E-state index contributed by atoms with van der Waals surface area (Å²) < 4.78 is 11.1. The van der Waals surface area contributed by atoms with Crippen LogP contribution in [0.1, 0.15) is 12.8 Å². The van der Waals surface area contributed by atoms with Crippen LogP contribution in [0.5, 0.6) is 0 Å². The first kappa shape index (κ1) is 15.9. The average Bonchev–Trinajstić information content (AvgIpc) is 2.82. The molecule has 0 aromatic carbocycles. The Labute approximate surface area is 145 Å². The third-order valence-corrected chi connectivity index (χ3v) is 4.61. The highest BCUT2D eigenvalue weighted by Crippen LogP contribution is 2.32. The van der Waals surface area contributed by atoms with E-state index < -0.39 is 17.8 Å². The Balaban J connectivity index is 1.71. The third-order valence-electron chi connectivity index (χ3n) is 4.61. The summed E-state index contributed by atoms with van der Waals surface area (Å²) >= 11 is 0. The van der Waals surface area contributed by atoms with Crippen LogP contribution in [0.2, 0.25) is 0 Å². The van der Waals surface area contributed by atoms with Gasteiger partial charge in [0.25, 0.3) is 0 Å². The van der Waals surface area contributed by atoms with Crippen LogP contribution in [-0.2, 0) is 19.1 Å². The molecule has 1 N–H and O–H groups in total. The van der Waals surface area contributed by atoms with Gasteiger partial charge in [0.2, 0.25) is 0 Å². The molecule has 4 heterocycles. The fourth-order valence-electron chi connectivity index (χ4n) is 3.23. The van der Waals surface area contributed by atoms with Crippen LogP contribution in [0.4, 0.5) is 11.4 Å². The molecule has 3 aliphatic heterocycles. The summed E-state index contributed by atoms with van der Waals surface area (Å²) in [4.78, 5) is 32.4. The molecule has 1 aromatic rings. The number of aromatic nitrogens is 1. The fraction of sp³-hybridized carbons (Fsp3) is 0.471. The van der Waals surface area contributed by atoms with Crippen molar-refractivity contribution in [3.8, 4) is 0 Å². The Hall–Kier alpha value is -2.61. The highest BCUT2D eigenvalue weighted by molar-refractivity contribution is 5.93. The third kappa shape index (κ3) is 3.05. The van der Waals surface area contributed by atoms with E-state index in [4.69, 9.17) is 9.47 Å². The lowest BCUT2D eigenvalue weighted by atomic mass is 10.2. The molecule has 1 aromatic heterocycles. The highest BCUT2D eigenvalue weighted by Gasteiger charge is 2.47. The van der Waals surface area contributed by atoms with Gasteiger partial charge in [0, 0.05) is 31.8 Å². The van der Waals surface area contributed by atoms with E-state index in [-0.39, 0.29) is 6.54 Å². The van der Waals surface area contributed by atoms with E-state index in [9.17, 15) is 9.59 Å². The zero-order valence-electron chi connectivity index (χ0n) is 13.8. The van der Waals surface area contributed by atoms with E-state index in [2.05, 4.69) is 15.2 Å². The molecule has 0 saturated carbocycles. The number of carbonyl (C=O) groups is 2. The molecule has 132 valence electrons. The summed E-state index contributed by atoms with van der Waals surface area (Å²) in [5.74, 6) is -2.72. The summed E-state index contributed by atoms with van der Waals surface area (Å²) in [5, 5.41) is 3.18. The summed E-state index contributed by atoms with van der Waals surface area (Å²) in [6.45, 7) is 3.51. The summed E-state index contributed by atoms with van der Waals surface area (Å²) in [5.41, 5.74) is 1.77. The number of anilines is 2. The maximum absolute atomic E-state index is 12.0. The van der Waals surface area contributed by atoms with Gasteiger partial charge in [0.15, 0.2) is 0 Å². The van der Waals surface area contributed by atoms with Gasteiger partial charge in [-0.3, -0.25) is 9.88 Å². The van der Waals surface area contributed by atoms with Crippen LogP contribution in [0.15, 0.2) is 30.6 Å². The number of nitrogens with zero attached hydrogens (tertiary/aromatic N) is 3. The van der Waals surface area contributed by atoms with Gasteiger partial charge in [-0.2, -0.15) is 0 Å². The molecule has 4 rings (SSSR count). The molecule has 0 amide bonds. The molecule has 8 nitrogen and oxygen atoms in total. The van der Waals surface area contributed by atoms with E-state index in [0.29, 0.717) is 6.54 Å². The SMILES string of the molecule is O=C1C=CC(=O)OC2(CNCCCN2c2cncc(N3CCC3)c2)O1. The van der Waals surface area contributed by atoms with Gasteiger partial charge in [0.05, 0.1) is 30.3 Å². The smallest absolute Gasteiger partial charge is 0.356 e. The summed E-state index contributed by atoms with van der Waals surface area (Å²) in [6.07, 6.45) is 7.69. The zero-order valence-corrected chi connectivity index (χ0v) is 13.8. The van der Waals surface area contributed by atoms with Crippen LogP contribution >= 0.6 is 0 Å². The topological polar surface area (TPSA) is 84.0 Å². The van der Waals surface area contributed by atoms with Crippen LogP contribution in [-0.4, -0.2) is 55.6 Å². The minimum Gasteiger partial charge on any atom is -0.399 e. The molecule has 2 fully saturated rings. The molecule has 2 saturated heterocycles. The van der Waals surface area contributed by atoms with Crippen molar-refractivity contribution >= 4 is 23.3 Å². The first-order valence-electron chi connectivity index (χ1n) is 8.49. The van der Waals surface area contributed by atoms with Gasteiger partial charge >= 0.3 is 17.8 Å². The average molecular weight is 344 g/mol. The number of rotatable bonds is 2. The fourth-order valence-corrected chi connectivity index (χ4v) is 3.23. The van der Waals surface area contributed by atoms with E-state index >= 15 is 0 Å². The van der Waals surface area contributed by atoms with Crippen molar-refractivity contribution in [1.82, 2.24) is 10.3 Å². The molecule has 1 spiro atoms. The maximum Gasteiger partial charge on any atom is 0.356 e. The minimum absolute atomic E-state index is 0.195. The molecular formula is C17H20N4O4. The molecule has 0 aliphatic carbocycles. The zero-order chi connectivity index (χ0) is 17.3. The van der Waals surface area contributed by atoms with Gasteiger partial charge < -0.3 is 19.7 Å². The quantitative estimate of drug-likeness (QED) is 0.772. The number of hydrogen-bond acceptors (Lipinski definition) is 8. The first-order chi connectivity index (χ1) is 12.2. The Kier molecular flexibility index (Phi) is 4.04. The van der Waals surface area contributed by atoms with Gasteiger partial charge in [-0.25, -0.2) is 9.59 Å². The molecule has 0 unspecified atom stereocenters. The predicted octanol–water partition coefficient (Wildman–Crippen LogP) is 0.401. The van der Waals surface area contributed by atoms with Gasteiger partial charge in [-0.15, -0.1) is 0 Å². The largest absolute Gasteiger partial charge is 0.399 e. The molecule has 3 aliphatic rings. The van der Waals surface area contributed by atoms with E-state index in [1.807, 2.05) is 17.2 Å². The summed E-state index contributed by atoms with van der Waals surface area (Å²) in [6, 6.07) is 2.00. The Bertz CT molecular complexity index is 696. The molecule has 25 heavy (non-hydrogen) atoms. The van der Waals surface area contributed by atoms with Crippen molar-refractivity contribution in [2.24, 2.45) is 0 Å². The van der Waals surface area contributed by atoms with Crippen molar-refractivity contribution in [2.75, 3.05) is 42.5 Å². The Morgan fingerprint density at radius 1 is 1.00 bits per heavy atom. The van der Waals surface area contributed by atoms with Crippen molar-refractivity contribution in [3.63, 3.8) is 0 Å². The van der Waals surface area contributed by atoms with E-state index in [1.165, 1.54) is 6.42 Å². The van der Waals surface area contributed by atoms with Gasteiger partial charge in [-0.1, -0.05) is 0 Å². The molecule has 0 bridgehead atoms. The normalized spacial score (nSPS) is 22.7. The number of nitrogens with one attached hydrogen (secondary N) is 1. The number of esters is 2.